The van der Waals surface area contributed by atoms with E-state index in [2.05, 4.69) is 280 Å². The highest BCUT2D eigenvalue weighted by Gasteiger charge is 2.37. The van der Waals surface area contributed by atoms with Crippen LogP contribution in [0.2, 0.25) is 0 Å². The lowest BCUT2D eigenvalue weighted by atomic mass is 10.2. The number of hydrogen-bond acceptors (Lipinski definition) is 18. The van der Waals surface area contributed by atoms with Crippen LogP contribution in [0.15, 0.2) is 251 Å². The largest absolute Gasteiger partial charge is 0.291 e. The van der Waals surface area contributed by atoms with Gasteiger partial charge in [0.1, 0.15) is 60.0 Å². The van der Waals surface area contributed by atoms with Gasteiger partial charge in [0.05, 0.1) is 28.2 Å². The highest BCUT2D eigenvalue weighted by Crippen LogP contribution is 2.66. The lowest BCUT2D eigenvalue weighted by molar-refractivity contribution is 1.37. The molecule has 0 unspecified atom stereocenters. The van der Waals surface area contributed by atoms with Crippen molar-refractivity contribution in [2.24, 2.45) is 0 Å². The van der Waals surface area contributed by atoms with Crippen LogP contribution in [-0.4, -0.2) is 0 Å². The highest BCUT2D eigenvalue weighted by molar-refractivity contribution is 7.35. The number of hydrogen-bond donors (Lipinski definition) is 0. The average molecular weight is 1380 g/mol. The van der Waals surface area contributed by atoms with E-state index in [0.717, 1.165) is 34.1 Å². The fourth-order valence-corrected chi connectivity index (χ4v) is 27.1. The molecule has 6 nitrogen and oxygen atoms in total. The van der Waals surface area contributed by atoms with Crippen molar-refractivity contribution in [1.29, 1.82) is 0 Å². The quantitative estimate of drug-likeness (QED) is 0.164. The Morgan fingerprint density at radius 2 is 0.300 bits per heavy atom. The summed E-state index contributed by atoms with van der Waals surface area (Å²) in [6.45, 7) is 0. The molecule has 0 N–H and O–H groups in total. The summed E-state index contributed by atoms with van der Waals surface area (Å²) in [4.78, 5) is 15.5. The summed E-state index contributed by atoms with van der Waals surface area (Å²) in [5.74, 6) is 0. The van der Waals surface area contributed by atoms with E-state index >= 15 is 0 Å². The molecule has 13 heterocycles. The summed E-state index contributed by atoms with van der Waals surface area (Å²) < 4.78 is 7.52. The summed E-state index contributed by atoms with van der Waals surface area (Å²) in [6.07, 6.45) is 0. The van der Waals surface area contributed by atoms with Gasteiger partial charge in [-0.05, 0) is 141 Å². The molecule has 0 fully saturated rings. The second kappa shape index (κ2) is 21.9. The molecule has 90 heavy (non-hydrogen) atoms. The van der Waals surface area contributed by atoms with Crippen LogP contribution in [0, 0.1) is 0 Å². The van der Waals surface area contributed by atoms with E-state index in [-0.39, 0.29) is 0 Å². The fraction of sp³-hybridized carbons (Fsp3) is 0. The molecular weight excluding hydrogens is 1330 g/mol. The Morgan fingerprint density at radius 1 is 0.156 bits per heavy atom. The highest BCUT2D eigenvalue weighted by atomic mass is 32.1. The minimum atomic E-state index is 1.12. The third-order valence-corrected chi connectivity index (χ3v) is 29.6. The van der Waals surface area contributed by atoms with Gasteiger partial charge >= 0.3 is 0 Å². The van der Waals surface area contributed by atoms with Crippen molar-refractivity contribution in [2.75, 3.05) is 29.4 Å². The average Bonchev–Trinajstić information content (AvgIpc) is 1.67. The predicted molar refractivity (Wildman–Crippen MR) is 408 cm³/mol. The topological polar surface area (TPSA) is 19.4 Å². The first-order valence-corrected chi connectivity index (χ1v) is 39.0. The van der Waals surface area contributed by atoms with Crippen molar-refractivity contribution < 1.29 is 0 Å². The number of anilines is 18. The first-order chi connectivity index (χ1) is 44.7. The molecule has 0 atom stereocenters. The van der Waals surface area contributed by atoms with Crippen molar-refractivity contribution in [2.45, 2.75) is 0 Å². The second-order valence-electron chi connectivity index (χ2n) is 21.3. The van der Waals surface area contributed by atoms with E-state index < -0.39 is 0 Å². The lowest BCUT2D eigenvalue weighted by Crippen LogP contribution is -2.09. The van der Waals surface area contributed by atoms with Crippen LogP contribution < -0.4 is 29.4 Å². The number of thiophene rings is 12. The lowest BCUT2D eigenvalue weighted by Gasteiger charge is -2.26. The standard InChI is InChI=1S/C72H42N6S12/c1-7-19-43(20-8-1)73-61-49-31-37-80-56(49)68(85-61)75(45-23-11-3-12-24-45)63-51-33-39-82-58(51)70(87-63)77(47-27-15-5-16-28-47)65-53-35-41-84-60(53)72(89-65)78(48-29-17-6-18-30-48)66-54-36-42-83-59(54)71(90-66)76(46-25-13-4-14-26-46)64-52-34-40-81-57(52)69(88-64)74(44-21-9-2-10-22-44)62-50-32-38-79-55(50)67(73)86-62/h1-42H. The third kappa shape index (κ3) is 8.41. The molecule has 18 heteroatoms. The Labute approximate surface area is 564 Å². The Balaban J connectivity index is 0.949. The molecule has 0 amide bonds. The minimum absolute atomic E-state index is 1.12. The van der Waals surface area contributed by atoms with E-state index in [1.807, 2.05) is 136 Å². The van der Waals surface area contributed by atoms with Crippen LogP contribution >= 0.6 is 136 Å². The molecule has 1 aliphatic rings. The van der Waals surface area contributed by atoms with Gasteiger partial charge in [-0.1, -0.05) is 177 Å². The van der Waals surface area contributed by atoms with E-state index in [1.54, 1.807) is 0 Å². The zero-order chi connectivity index (χ0) is 59.0. The maximum absolute atomic E-state index is 2.58. The van der Waals surface area contributed by atoms with Crippen molar-refractivity contribution in [3.63, 3.8) is 0 Å². The molecule has 0 saturated carbocycles. The zero-order valence-electron chi connectivity index (χ0n) is 46.8. The van der Waals surface area contributed by atoms with Gasteiger partial charge in [-0.15, -0.1) is 68.0 Å². The molecule has 0 radical (unpaired) electrons. The van der Waals surface area contributed by atoms with Crippen LogP contribution in [0.4, 0.5) is 94.1 Å². The maximum Gasteiger partial charge on any atom is 0.121 e. The summed E-state index contributed by atoms with van der Waals surface area (Å²) in [7, 11) is 0. The summed E-state index contributed by atoms with van der Waals surface area (Å²) in [6, 6.07) is 80.6. The molecular formula is C72H42N6S12. The normalized spacial score (nSPS) is 13.2. The Bertz CT molecular complexity index is 4520. The van der Waals surface area contributed by atoms with E-state index in [9.17, 15) is 0 Å². The van der Waals surface area contributed by atoms with Crippen molar-refractivity contribution in [1.82, 2.24) is 0 Å². The van der Waals surface area contributed by atoms with Crippen molar-refractivity contribution in [3.8, 4) is 0 Å². The van der Waals surface area contributed by atoms with E-state index in [1.165, 1.54) is 121 Å². The molecule has 0 spiro atoms. The smallest absolute Gasteiger partial charge is 0.121 e. The predicted octanol–water partition coefficient (Wildman–Crippen LogP) is 28.5. The Kier molecular flexibility index (Phi) is 13.1. The van der Waals surface area contributed by atoms with Crippen molar-refractivity contribution >= 4 is 291 Å². The van der Waals surface area contributed by atoms with Gasteiger partial charge in [0.25, 0.3) is 0 Å². The zero-order valence-corrected chi connectivity index (χ0v) is 56.6. The monoisotopic (exact) mass is 1370 g/mol. The molecule has 19 rings (SSSR count). The van der Waals surface area contributed by atoms with Crippen LogP contribution in [0.3, 0.4) is 0 Å². The number of nitrogens with zero attached hydrogens (tertiary/aromatic N) is 6. The molecule has 12 bridgehead atoms. The Hall–Kier alpha value is -7.92. The van der Waals surface area contributed by atoms with Crippen molar-refractivity contribution in [3.05, 3.63) is 251 Å². The molecule has 12 aromatic heterocycles. The number of rotatable bonds is 6. The minimum Gasteiger partial charge on any atom is -0.291 e. The third-order valence-electron chi connectivity index (χ3n) is 16.2. The van der Waals surface area contributed by atoms with Crippen LogP contribution in [0.5, 0.6) is 0 Å². The SMILES string of the molecule is c1ccc(N2c3sc(c4sccc34)N(c3ccccc3)c3sc(c4sccc34)N(c3ccccc3)c3sc(c4sccc34)N(c3ccccc3)c3sc(c4sccc34)N(c3ccccc3)c3sc(c4sccc34)N(c3ccccc3)c3sc2c2sccc32)cc1. The molecule has 6 aromatic carbocycles. The Morgan fingerprint density at radius 3 is 0.444 bits per heavy atom. The number of para-hydroxylation sites is 6. The summed E-state index contributed by atoms with van der Waals surface area (Å²) in [5.41, 5.74) is 6.70. The van der Waals surface area contributed by atoms with Crippen LogP contribution in [0.25, 0.3) is 60.5 Å². The van der Waals surface area contributed by atoms with E-state index in [0.29, 0.717) is 0 Å². The van der Waals surface area contributed by atoms with Gasteiger partial charge in [0.15, 0.2) is 0 Å². The maximum atomic E-state index is 2.58. The summed E-state index contributed by atoms with van der Waals surface area (Å²) >= 11 is 22.3. The van der Waals surface area contributed by atoms with Gasteiger partial charge in [-0.2, -0.15) is 0 Å². The molecule has 18 aromatic rings. The van der Waals surface area contributed by atoms with Gasteiger partial charge in [-0.3, -0.25) is 29.4 Å². The van der Waals surface area contributed by atoms with Gasteiger partial charge < -0.3 is 0 Å². The molecule has 0 aliphatic carbocycles. The number of benzene rings is 6. The fourth-order valence-electron chi connectivity index (χ4n) is 12.3. The van der Waals surface area contributed by atoms with Gasteiger partial charge in [0.2, 0.25) is 0 Å². The molecule has 0 saturated heterocycles. The van der Waals surface area contributed by atoms with Gasteiger partial charge in [-0.25, -0.2) is 0 Å². The summed E-state index contributed by atoms with van der Waals surface area (Å²) in [5, 5.41) is 35.4. The molecule has 1 aliphatic heterocycles. The molecule has 432 valence electrons. The van der Waals surface area contributed by atoms with Crippen LogP contribution in [-0.2, 0) is 0 Å². The first-order valence-electron chi connectivity index (χ1n) is 28.8. The first kappa shape index (κ1) is 53.9. The van der Waals surface area contributed by atoms with Gasteiger partial charge in [0, 0.05) is 66.4 Å². The second-order valence-corrected chi connectivity index (χ2v) is 32.6. The van der Waals surface area contributed by atoms with Crippen LogP contribution in [0.1, 0.15) is 0 Å². The van der Waals surface area contributed by atoms with E-state index in [4.69, 9.17) is 0 Å².